The molecule has 2 saturated carbocycles. The second-order valence-corrected chi connectivity index (χ2v) is 8.73. The molecule has 144 valence electrons. The Bertz CT molecular complexity index is 679. The molecule has 0 bridgehead atoms. The maximum Gasteiger partial charge on any atom is 0.311 e. The molecule has 4 heteroatoms. The SMILES string of the molecule is C=C1CC[C@H]2[C@](C)(CCC[C@]2(C)C(=O)OC)[C@H]1CCc1ccoc1C[NH3+]. The molecule has 0 radical (unpaired) electrons. The summed E-state index contributed by atoms with van der Waals surface area (Å²) in [7, 11) is 1.53. The second kappa shape index (κ2) is 7.22. The van der Waals surface area contributed by atoms with Crippen molar-refractivity contribution >= 4 is 5.97 Å². The van der Waals surface area contributed by atoms with Crippen LogP contribution < -0.4 is 5.73 Å². The lowest BCUT2D eigenvalue weighted by molar-refractivity contribution is -0.390. The summed E-state index contributed by atoms with van der Waals surface area (Å²) >= 11 is 0. The summed E-state index contributed by atoms with van der Waals surface area (Å²) in [5, 5.41) is 0. The number of furan rings is 1. The number of quaternary nitrogens is 1. The van der Waals surface area contributed by atoms with Gasteiger partial charge in [-0.25, -0.2) is 0 Å². The Morgan fingerprint density at radius 3 is 2.88 bits per heavy atom. The van der Waals surface area contributed by atoms with Crippen molar-refractivity contribution in [2.75, 3.05) is 7.11 Å². The van der Waals surface area contributed by atoms with Crippen molar-refractivity contribution in [2.45, 2.75) is 65.3 Å². The molecule has 0 aliphatic heterocycles. The smallest absolute Gasteiger partial charge is 0.311 e. The minimum absolute atomic E-state index is 0.0335. The fraction of sp³-hybridized carbons (Fsp3) is 0.682. The van der Waals surface area contributed by atoms with Crippen molar-refractivity contribution in [3.05, 3.63) is 35.8 Å². The highest BCUT2D eigenvalue weighted by atomic mass is 16.5. The number of ether oxygens (including phenoxy) is 1. The van der Waals surface area contributed by atoms with Gasteiger partial charge in [0.25, 0.3) is 0 Å². The molecule has 1 heterocycles. The van der Waals surface area contributed by atoms with Crippen LogP contribution in [0.1, 0.15) is 63.7 Å². The summed E-state index contributed by atoms with van der Waals surface area (Å²) in [5.74, 6) is 1.77. The molecular formula is C22H34NO3+. The van der Waals surface area contributed by atoms with E-state index in [4.69, 9.17) is 9.15 Å². The van der Waals surface area contributed by atoms with Gasteiger partial charge in [0.15, 0.2) is 5.76 Å². The monoisotopic (exact) mass is 360 g/mol. The zero-order valence-corrected chi connectivity index (χ0v) is 16.6. The van der Waals surface area contributed by atoms with Crippen molar-refractivity contribution in [3.8, 4) is 0 Å². The molecule has 4 nitrogen and oxygen atoms in total. The van der Waals surface area contributed by atoms with Crippen molar-refractivity contribution in [2.24, 2.45) is 22.7 Å². The molecule has 0 aromatic carbocycles. The number of carbonyl (C=O) groups excluding carboxylic acids is 1. The van der Waals surface area contributed by atoms with Crippen LogP contribution >= 0.6 is 0 Å². The number of esters is 1. The van der Waals surface area contributed by atoms with E-state index in [1.807, 2.05) is 0 Å². The first kappa shape index (κ1) is 19.2. The van der Waals surface area contributed by atoms with Gasteiger partial charge in [0.2, 0.25) is 0 Å². The van der Waals surface area contributed by atoms with Gasteiger partial charge in [-0.05, 0) is 74.3 Å². The number of fused-ring (bicyclic) bond motifs is 1. The van der Waals surface area contributed by atoms with Crippen LogP contribution in [0.15, 0.2) is 28.9 Å². The summed E-state index contributed by atoms with van der Waals surface area (Å²) in [6, 6.07) is 2.07. The Morgan fingerprint density at radius 2 is 2.19 bits per heavy atom. The lowest BCUT2D eigenvalue weighted by Gasteiger charge is -2.57. The first-order valence-corrected chi connectivity index (χ1v) is 9.97. The van der Waals surface area contributed by atoms with Crippen LogP contribution in [-0.4, -0.2) is 13.1 Å². The van der Waals surface area contributed by atoms with Crippen molar-refractivity contribution in [1.29, 1.82) is 0 Å². The molecule has 2 aliphatic carbocycles. The lowest BCUT2D eigenvalue weighted by atomic mass is 9.46. The highest BCUT2D eigenvalue weighted by Gasteiger charge is 2.57. The molecule has 26 heavy (non-hydrogen) atoms. The van der Waals surface area contributed by atoms with Crippen molar-refractivity contribution in [3.63, 3.8) is 0 Å². The number of allylic oxidation sites excluding steroid dienone is 1. The van der Waals surface area contributed by atoms with Gasteiger partial charge in [0.05, 0.1) is 18.8 Å². The Balaban J connectivity index is 1.85. The third kappa shape index (κ3) is 3.02. The lowest BCUT2D eigenvalue weighted by Crippen LogP contribution is -2.53. The molecule has 4 atom stereocenters. The molecule has 2 aliphatic rings. The van der Waals surface area contributed by atoms with E-state index in [1.165, 1.54) is 24.7 Å². The zero-order chi connectivity index (χ0) is 18.9. The minimum atomic E-state index is -0.366. The number of aryl methyl sites for hydroxylation is 1. The summed E-state index contributed by atoms with van der Waals surface area (Å²) < 4.78 is 10.8. The van der Waals surface area contributed by atoms with E-state index in [0.717, 1.165) is 44.3 Å². The predicted octanol–water partition coefficient (Wildman–Crippen LogP) is 3.91. The molecule has 3 N–H and O–H groups in total. The summed E-state index contributed by atoms with van der Waals surface area (Å²) in [5.41, 5.74) is 6.34. The number of hydrogen-bond donors (Lipinski definition) is 1. The van der Waals surface area contributed by atoms with Gasteiger partial charge in [-0.3, -0.25) is 4.79 Å². The third-order valence-corrected chi connectivity index (χ3v) is 7.44. The standard InChI is InChI=1S/C22H33NO3/c1-15-6-9-19-21(2,11-5-12-22(19,3)20(24)25-4)17(15)8-7-16-10-13-26-18(16)14-23/h10,13,17,19H,1,5-9,11-12,14,23H2,2-4H3/p+1/t17-,19-,21+,22-/m0/s1. The first-order valence-electron chi connectivity index (χ1n) is 9.97. The molecule has 3 rings (SSSR count). The van der Waals surface area contributed by atoms with E-state index in [0.29, 0.717) is 18.4 Å². The topological polar surface area (TPSA) is 67.1 Å². The van der Waals surface area contributed by atoms with E-state index in [2.05, 4.69) is 32.2 Å². The van der Waals surface area contributed by atoms with Gasteiger partial charge in [-0.2, -0.15) is 0 Å². The van der Waals surface area contributed by atoms with Crippen LogP contribution in [0.5, 0.6) is 0 Å². The van der Waals surface area contributed by atoms with Crippen LogP contribution in [0.3, 0.4) is 0 Å². The second-order valence-electron chi connectivity index (χ2n) is 8.73. The quantitative estimate of drug-likeness (QED) is 0.639. The van der Waals surface area contributed by atoms with Crippen LogP contribution in [0.4, 0.5) is 0 Å². The molecule has 0 unspecified atom stereocenters. The van der Waals surface area contributed by atoms with Crippen LogP contribution in [0.2, 0.25) is 0 Å². The van der Waals surface area contributed by atoms with Crippen molar-refractivity contribution < 1.29 is 19.7 Å². The number of carbonyl (C=O) groups is 1. The molecule has 0 amide bonds. The number of methoxy groups -OCH3 is 1. The van der Waals surface area contributed by atoms with Crippen LogP contribution in [-0.2, 0) is 22.5 Å². The van der Waals surface area contributed by atoms with E-state index in [-0.39, 0.29) is 16.8 Å². The minimum Gasteiger partial charge on any atom is -0.469 e. The first-order chi connectivity index (χ1) is 12.4. The third-order valence-electron chi connectivity index (χ3n) is 7.44. The fourth-order valence-electron chi connectivity index (χ4n) is 6.07. The number of hydrogen-bond acceptors (Lipinski definition) is 3. The van der Waals surface area contributed by atoms with E-state index >= 15 is 0 Å². The van der Waals surface area contributed by atoms with Crippen LogP contribution in [0, 0.1) is 22.7 Å². The summed E-state index contributed by atoms with van der Waals surface area (Å²) in [6.07, 6.45) is 9.08. The van der Waals surface area contributed by atoms with Crippen molar-refractivity contribution in [1.82, 2.24) is 0 Å². The van der Waals surface area contributed by atoms with Gasteiger partial charge in [0, 0.05) is 0 Å². The fourth-order valence-corrected chi connectivity index (χ4v) is 6.07. The molecular weight excluding hydrogens is 326 g/mol. The van der Waals surface area contributed by atoms with Gasteiger partial charge >= 0.3 is 5.97 Å². The van der Waals surface area contributed by atoms with Gasteiger partial charge in [-0.15, -0.1) is 0 Å². The normalized spacial score (nSPS) is 34.4. The van der Waals surface area contributed by atoms with E-state index in [9.17, 15) is 4.79 Å². The maximum atomic E-state index is 12.6. The molecule has 0 saturated heterocycles. The predicted molar refractivity (Wildman–Crippen MR) is 101 cm³/mol. The number of rotatable bonds is 5. The molecule has 1 aromatic rings. The Morgan fingerprint density at radius 1 is 1.42 bits per heavy atom. The zero-order valence-electron chi connectivity index (χ0n) is 16.6. The average molecular weight is 361 g/mol. The Hall–Kier alpha value is -1.55. The largest absolute Gasteiger partial charge is 0.469 e. The highest BCUT2D eigenvalue weighted by Crippen LogP contribution is 2.62. The average Bonchev–Trinajstić information content (AvgIpc) is 3.07. The van der Waals surface area contributed by atoms with Gasteiger partial charge in [-0.1, -0.05) is 25.5 Å². The van der Waals surface area contributed by atoms with E-state index < -0.39 is 0 Å². The Kier molecular flexibility index (Phi) is 5.34. The van der Waals surface area contributed by atoms with E-state index in [1.54, 1.807) is 6.26 Å². The summed E-state index contributed by atoms with van der Waals surface area (Å²) in [4.78, 5) is 12.6. The Labute approximate surface area is 157 Å². The summed E-state index contributed by atoms with van der Waals surface area (Å²) in [6.45, 7) is 9.65. The molecule has 2 fully saturated rings. The maximum absolute atomic E-state index is 12.6. The van der Waals surface area contributed by atoms with Gasteiger partial charge in [0.1, 0.15) is 6.54 Å². The highest BCUT2D eigenvalue weighted by molar-refractivity contribution is 5.77. The molecule has 0 spiro atoms. The van der Waals surface area contributed by atoms with Gasteiger partial charge < -0.3 is 14.9 Å². The van der Waals surface area contributed by atoms with Crippen LogP contribution in [0.25, 0.3) is 0 Å². The molecule has 1 aromatic heterocycles.